The summed E-state index contributed by atoms with van der Waals surface area (Å²) < 4.78 is 29.6. The maximum Gasteiger partial charge on any atom is 0.198 e. The van der Waals surface area contributed by atoms with Gasteiger partial charge >= 0.3 is 0 Å². The minimum Gasteiger partial charge on any atom is -0.488 e. The number of aromatic nitrogens is 2. The molecule has 1 aromatic carbocycles. The van der Waals surface area contributed by atoms with Gasteiger partial charge in [-0.05, 0) is 18.6 Å². The first-order valence-corrected chi connectivity index (χ1v) is 10.6. The number of halogens is 1. The Morgan fingerprint density at radius 2 is 2.17 bits per heavy atom. The van der Waals surface area contributed by atoms with Crippen LogP contribution in [0.3, 0.4) is 0 Å². The zero-order valence-electron chi connectivity index (χ0n) is 16.2. The van der Waals surface area contributed by atoms with Crippen LogP contribution in [-0.4, -0.2) is 54.2 Å². The summed E-state index contributed by atoms with van der Waals surface area (Å²) in [4.78, 5) is 11.8. The van der Waals surface area contributed by atoms with Crippen molar-refractivity contribution in [2.45, 2.75) is 32.0 Å². The summed E-state index contributed by atoms with van der Waals surface area (Å²) in [5.74, 6) is 0.978. The predicted molar refractivity (Wildman–Crippen MR) is 109 cm³/mol. The summed E-state index contributed by atoms with van der Waals surface area (Å²) in [5, 5.41) is 11.5. The van der Waals surface area contributed by atoms with Gasteiger partial charge in [0.1, 0.15) is 24.0 Å². The fraction of sp³-hybridized carbons (Fsp3) is 0.500. The monoisotopic (exact) mass is 421 g/mol. The van der Waals surface area contributed by atoms with E-state index in [0.29, 0.717) is 42.4 Å². The Morgan fingerprint density at radius 1 is 1.34 bits per heavy atom. The summed E-state index contributed by atoms with van der Waals surface area (Å²) in [6, 6.07) is 5.24. The summed E-state index contributed by atoms with van der Waals surface area (Å²) in [6.45, 7) is 4.33. The van der Waals surface area contributed by atoms with Crippen molar-refractivity contribution in [3.05, 3.63) is 35.2 Å². The van der Waals surface area contributed by atoms with Gasteiger partial charge in [0.25, 0.3) is 0 Å². The number of oxazole rings is 1. The lowest BCUT2D eigenvalue weighted by Gasteiger charge is -2.26. The molecule has 0 amide bonds. The summed E-state index contributed by atoms with van der Waals surface area (Å²) in [7, 11) is 0. The normalized spacial score (nSPS) is 16.9. The van der Waals surface area contributed by atoms with E-state index in [2.05, 4.69) is 14.9 Å². The number of morpholine rings is 1. The van der Waals surface area contributed by atoms with Crippen molar-refractivity contribution >= 4 is 27.6 Å². The Kier molecular flexibility index (Phi) is 6.27. The number of rotatable bonds is 8. The number of alkyl halides is 1. The first-order chi connectivity index (χ1) is 14.2. The van der Waals surface area contributed by atoms with E-state index in [4.69, 9.17) is 13.9 Å². The SMILES string of the molecule is CCC(CF)Oc1ccc2nc(CC(O)c3cnc(N4CCOCC4)s3)oc2c1. The van der Waals surface area contributed by atoms with Crippen molar-refractivity contribution in [2.75, 3.05) is 37.9 Å². The van der Waals surface area contributed by atoms with Gasteiger partial charge in [-0.25, -0.2) is 14.4 Å². The lowest BCUT2D eigenvalue weighted by molar-refractivity contribution is 0.122. The van der Waals surface area contributed by atoms with Crippen molar-refractivity contribution < 1.29 is 23.4 Å². The molecule has 1 N–H and O–H groups in total. The van der Waals surface area contributed by atoms with Crippen LogP contribution in [0.5, 0.6) is 5.75 Å². The number of anilines is 1. The maximum atomic E-state index is 12.9. The fourth-order valence-electron chi connectivity index (χ4n) is 3.13. The van der Waals surface area contributed by atoms with E-state index < -0.39 is 18.9 Å². The van der Waals surface area contributed by atoms with Crippen molar-refractivity contribution in [1.29, 1.82) is 0 Å². The number of thiazole rings is 1. The van der Waals surface area contributed by atoms with E-state index in [-0.39, 0.29) is 6.42 Å². The van der Waals surface area contributed by atoms with E-state index in [9.17, 15) is 9.50 Å². The van der Waals surface area contributed by atoms with Crippen LogP contribution in [0.1, 0.15) is 30.2 Å². The molecule has 1 saturated heterocycles. The van der Waals surface area contributed by atoms with Gasteiger partial charge < -0.3 is 23.9 Å². The minimum absolute atomic E-state index is 0.248. The number of benzene rings is 1. The number of aliphatic hydroxyl groups excluding tert-OH is 1. The molecular weight excluding hydrogens is 397 g/mol. The Bertz CT molecular complexity index is 937. The molecule has 2 atom stereocenters. The van der Waals surface area contributed by atoms with E-state index >= 15 is 0 Å². The first kappa shape index (κ1) is 20.1. The zero-order chi connectivity index (χ0) is 20.2. The van der Waals surface area contributed by atoms with E-state index in [0.717, 1.165) is 23.1 Å². The molecule has 3 heterocycles. The highest BCUT2D eigenvalue weighted by Gasteiger charge is 2.20. The van der Waals surface area contributed by atoms with Crippen molar-refractivity contribution in [2.24, 2.45) is 0 Å². The molecule has 1 aliphatic heterocycles. The fourth-order valence-corrected chi connectivity index (χ4v) is 4.08. The molecular formula is C20H24FN3O4S. The van der Waals surface area contributed by atoms with E-state index in [1.165, 1.54) is 11.3 Å². The third kappa shape index (κ3) is 4.68. The quantitative estimate of drug-likeness (QED) is 0.596. The zero-order valence-corrected chi connectivity index (χ0v) is 17.0. The average Bonchev–Trinajstić information content (AvgIpc) is 3.39. The molecule has 2 unspecified atom stereocenters. The number of aliphatic hydroxyl groups is 1. The lowest BCUT2D eigenvalue weighted by Crippen LogP contribution is -2.36. The van der Waals surface area contributed by atoms with Gasteiger partial charge in [-0.2, -0.15) is 0 Å². The van der Waals surface area contributed by atoms with Gasteiger partial charge in [0, 0.05) is 25.4 Å². The second-order valence-corrected chi connectivity index (χ2v) is 7.94. The Labute approximate surface area is 172 Å². The van der Waals surface area contributed by atoms with Crippen LogP contribution in [0.2, 0.25) is 0 Å². The van der Waals surface area contributed by atoms with Crippen molar-refractivity contribution in [3.8, 4) is 5.75 Å². The molecule has 2 aromatic heterocycles. The van der Waals surface area contributed by atoms with E-state index in [1.807, 2.05) is 6.92 Å². The molecule has 9 heteroatoms. The highest BCUT2D eigenvalue weighted by molar-refractivity contribution is 7.15. The highest BCUT2D eigenvalue weighted by Crippen LogP contribution is 2.31. The molecule has 3 aromatic rings. The highest BCUT2D eigenvalue weighted by atomic mass is 32.1. The number of fused-ring (bicyclic) bond motifs is 1. The molecule has 0 spiro atoms. The van der Waals surface area contributed by atoms with Gasteiger partial charge in [0.15, 0.2) is 16.6 Å². The lowest BCUT2D eigenvalue weighted by atomic mass is 10.2. The number of hydrogen-bond acceptors (Lipinski definition) is 8. The van der Waals surface area contributed by atoms with Crippen molar-refractivity contribution in [1.82, 2.24) is 9.97 Å². The predicted octanol–water partition coefficient (Wildman–Crippen LogP) is 3.52. The maximum absolute atomic E-state index is 12.9. The summed E-state index contributed by atoms with van der Waals surface area (Å²) in [6.07, 6.45) is 1.32. The van der Waals surface area contributed by atoms with Crippen LogP contribution < -0.4 is 9.64 Å². The number of ether oxygens (including phenoxy) is 2. The van der Waals surface area contributed by atoms with Crippen LogP contribution in [0, 0.1) is 0 Å². The minimum atomic E-state index is -0.748. The molecule has 0 saturated carbocycles. The van der Waals surface area contributed by atoms with Crippen molar-refractivity contribution in [3.63, 3.8) is 0 Å². The van der Waals surface area contributed by atoms with Gasteiger partial charge in [0.2, 0.25) is 0 Å². The van der Waals surface area contributed by atoms with Gasteiger partial charge in [-0.3, -0.25) is 0 Å². The van der Waals surface area contributed by atoms with Gasteiger partial charge in [-0.1, -0.05) is 18.3 Å². The summed E-state index contributed by atoms with van der Waals surface area (Å²) >= 11 is 1.47. The van der Waals surface area contributed by atoms with Gasteiger partial charge in [-0.15, -0.1) is 0 Å². The molecule has 29 heavy (non-hydrogen) atoms. The van der Waals surface area contributed by atoms with Crippen LogP contribution in [0.25, 0.3) is 11.1 Å². The smallest absolute Gasteiger partial charge is 0.198 e. The Balaban J connectivity index is 1.44. The van der Waals surface area contributed by atoms with E-state index in [1.54, 1.807) is 24.4 Å². The molecule has 1 aliphatic rings. The Morgan fingerprint density at radius 3 is 2.93 bits per heavy atom. The number of hydrogen-bond donors (Lipinski definition) is 1. The molecule has 1 fully saturated rings. The second-order valence-electron chi connectivity index (χ2n) is 6.90. The average molecular weight is 421 g/mol. The molecule has 7 nitrogen and oxygen atoms in total. The number of nitrogens with zero attached hydrogens (tertiary/aromatic N) is 3. The third-order valence-electron chi connectivity index (χ3n) is 4.82. The standard InChI is InChI=1S/C20H24FN3O4S/c1-2-13(11-21)27-14-3-4-15-17(9-14)28-19(23-15)10-16(25)18-12-22-20(29-18)24-5-7-26-8-6-24/h3-4,9,12-13,16,25H,2,5-8,10-11H2,1H3. The summed E-state index contributed by atoms with van der Waals surface area (Å²) in [5.41, 5.74) is 1.22. The molecule has 156 valence electrons. The Hall–Kier alpha value is -2.23. The third-order valence-corrected chi connectivity index (χ3v) is 5.98. The molecule has 0 radical (unpaired) electrons. The molecule has 0 bridgehead atoms. The largest absolute Gasteiger partial charge is 0.488 e. The molecule has 0 aliphatic carbocycles. The topological polar surface area (TPSA) is 80.9 Å². The van der Waals surface area contributed by atoms with Crippen LogP contribution >= 0.6 is 11.3 Å². The van der Waals surface area contributed by atoms with Crippen LogP contribution in [0.15, 0.2) is 28.8 Å². The second kappa shape index (κ2) is 9.06. The van der Waals surface area contributed by atoms with Gasteiger partial charge in [0.05, 0.1) is 30.6 Å². The van der Waals surface area contributed by atoms with Crippen LogP contribution in [0.4, 0.5) is 9.52 Å². The first-order valence-electron chi connectivity index (χ1n) is 9.75. The van der Waals surface area contributed by atoms with Crippen LogP contribution in [-0.2, 0) is 11.2 Å². The molecule has 4 rings (SSSR count).